The predicted octanol–water partition coefficient (Wildman–Crippen LogP) is 4.24. The van der Waals surface area contributed by atoms with Crippen molar-refractivity contribution in [3.63, 3.8) is 0 Å². The first-order valence-electron chi connectivity index (χ1n) is 6.41. The van der Waals surface area contributed by atoms with Crippen molar-refractivity contribution in [3.05, 3.63) is 70.5 Å². The zero-order valence-corrected chi connectivity index (χ0v) is 12.9. The van der Waals surface area contributed by atoms with Gasteiger partial charge in [-0.1, -0.05) is 18.2 Å². The van der Waals surface area contributed by atoms with E-state index in [9.17, 15) is 4.79 Å². The molecule has 0 spiro atoms. The minimum absolute atomic E-state index is 0.0306. The fourth-order valence-corrected chi connectivity index (χ4v) is 2.82. The third kappa shape index (κ3) is 2.54. The molecule has 3 rings (SSSR count). The van der Waals surface area contributed by atoms with Gasteiger partial charge in [0.25, 0.3) is 0 Å². The van der Waals surface area contributed by atoms with Crippen LogP contribution in [0.4, 0.5) is 0 Å². The zero-order chi connectivity index (χ0) is 14.8. The molecular weight excluding hydrogens is 330 g/mol. The summed E-state index contributed by atoms with van der Waals surface area (Å²) in [7, 11) is 1.60. The number of ketones is 1. The molecule has 2 aromatic carbocycles. The fourth-order valence-electron chi connectivity index (χ4n) is 2.27. The van der Waals surface area contributed by atoms with Crippen LogP contribution in [0.25, 0.3) is 10.8 Å². The number of nitrogens with zero attached hydrogens (tertiary/aromatic N) is 1. The summed E-state index contributed by atoms with van der Waals surface area (Å²) >= 11 is 3.41. The van der Waals surface area contributed by atoms with E-state index < -0.39 is 0 Å². The molecule has 1 aromatic heterocycles. The van der Waals surface area contributed by atoms with E-state index in [2.05, 4.69) is 20.9 Å². The van der Waals surface area contributed by atoms with Gasteiger partial charge in [-0.05, 0) is 45.6 Å². The number of carbonyl (C=O) groups excluding carboxylic acids is 1. The number of methoxy groups -OCH3 is 1. The average molecular weight is 342 g/mol. The minimum atomic E-state index is -0.0306. The van der Waals surface area contributed by atoms with Gasteiger partial charge in [0.2, 0.25) is 0 Å². The summed E-state index contributed by atoms with van der Waals surface area (Å²) < 4.78 is 5.95. The molecule has 4 heteroatoms. The summed E-state index contributed by atoms with van der Waals surface area (Å²) in [6.45, 7) is 0. The fraction of sp³-hybridized carbons (Fsp3) is 0.0588. The molecule has 0 amide bonds. The summed E-state index contributed by atoms with van der Waals surface area (Å²) in [6, 6.07) is 12.9. The Morgan fingerprint density at radius 3 is 2.81 bits per heavy atom. The Labute approximate surface area is 130 Å². The highest BCUT2D eigenvalue weighted by molar-refractivity contribution is 9.10. The van der Waals surface area contributed by atoms with Gasteiger partial charge < -0.3 is 4.74 Å². The highest BCUT2D eigenvalue weighted by Crippen LogP contribution is 2.28. The molecule has 0 fully saturated rings. The van der Waals surface area contributed by atoms with Crippen LogP contribution in [0.2, 0.25) is 0 Å². The molecule has 0 saturated heterocycles. The lowest BCUT2D eigenvalue weighted by Gasteiger charge is -2.08. The van der Waals surface area contributed by atoms with Crippen LogP contribution in [0, 0.1) is 0 Å². The number of ether oxygens (including phenoxy) is 1. The lowest BCUT2D eigenvalue weighted by atomic mass is 9.98. The van der Waals surface area contributed by atoms with Gasteiger partial charge in [0.1, 0.15) is 5.75 Å². The lowest BCUT2D eigenvalue weighted by Crippen LogP contribution is -2.02. The third-order valence-electron chi connectivity index (χ3n) is 3.34. The van der Waals surface area contributed by atoms with Crippen LogP contribution in [0.3, 0.4) is 0 Å². The van der Waals surface area contributed by atoms with Crippen molar-refractivity contribution in [2.24, 2.45) is 0 Å². The number of carbonyl (C=O) groups is 1. The van der Waals surface area contributed by atoms with Gasteiger partial charge in [0.15, 0.2) is 5.78 Å². The number of fused-ring (bicyclic) bond motifs is 1. The van der Waals surface area contributed by atoms with E-state index in [1.165, 1.54) is 0 Å². The van der Waals surface area contributed by atoms with Crippen molar-refractivity contribution in [2.75, 3.05) is 7.11 Å². The molecule has 0 atom stereocenters. The van der Waals surface area contributed by atoms with E-state index in [-0.39, 0.29) is 5.78 Å². The monoisotopic (exact) mass is 341 g/mol. The summed E-state index contributed by atoms with van der Waals surface area (Å²) in [5.74, 6) is 0.670. The topological polar surface area (TPSA) is 39.2 Å². The molecule has 0 aliphatic carbocycles. The number of halogens is 1. The first-order chi connectivity index (χ1) is 10.2. The van der Waals surface area contributed by atoms with Crippen LogP contribution >= 0.6 is 15.9 Å². The van der Waals surface area contributed by atoms with E-state index in [1.807, 2.05) is 24.3 Å². The van der Waals surface area contributed by atoms with Crippen LogP contribution in [0.15, 0.2) is 59.3 Å². The number of benzene rings is 2. The quantitative estimate of drug-likeness (QED) is 0.669. The molecule has 104 valence electrons. The predicted molar refractivity (Wildman–Crippen MR) is 85.9 cm³/mol. The van der Waals surface area contributed by atoms with Gasteiger partial charge >= 0.3 is 0 Å². The summed E-state index contributed by atoms with van der Waals surface area (Å²) in [5.41, 5.74) is 1.26. The third-order valence-corrected chi connectivity index (χ3v) is 3.96. The normalized spacial score (nSPS) is 10.6. The van der Waals surface area contributed by atoms with Crippen LogP contribution in [0.1, 0.15) is 15.9 Å². The van der Waals surface area contributed by atoms with Gasteiger partial charge in [-0.25, -0.2) is 0 Å². The van der Waals surface area contributed by atoms with E-state index in [0.717, 1.165) is 15.2 Å². The maximum absolute atomic E-state index is 12.7. The van der Waals surface area contributed by atoms with Crippen LogP contribution in [-0.2, 0) is 0 Å². The lowest BCUT2D eigenvalue weighted by molar-refractivity contribution is 0.104. The molecule has 0 N–H and O–H groups in total. The van der Waals surface area contributed by atoms with Crippen molar-refractivity contribution in [1.29, 1.82) is 0 Å². The molecule has 0 radical (unpaired) electrons. The average Bonchev–Trinajstić information content (AvgIpc) is 2.53. The molecule has 0 aliphatic heterocycles. The molecule has 21 heavy (non-hydrogen) atoms. The Morgan fingerprint density at radius 1 is 1.19 bits per heavy atom. The summed E-state index contributed by atoms with van der Waals surface area (Å²) in [6.07, 6.45) is 3.45. The number of rotatable bonds is 3. The Bertz CT molecular complexity index is 825. The number of hydrogen-bond donors (Lipinski definition) is 0. The Kier molecular flexibility index (Phi) is 3.71. The van der Waals surface area contributed by atoms with E-state index in [4.69, 9.17) is 4.74 Å². The van der Waals surface area contributed by atoms with Crippen molar-refractivity contribution in [3.8, 4) is 5.75 Å². The van der Waals surface area contributed by atoms with Crippen LogP contribution in [-0.4, -0.2) is 17.9 Å². The van der Waals surface area contributed by atoms with Crippen LogP contribution in [0.5, 0.6) is 5.75 Å². The summed E-state index contributed by atoms with van der Waals surface area (Å²) in [5, 5.41) is 1.86. The highest BCUT2D eigenvalue weighted by Gasteiger charge is 2.14. The Morgan fingerprint density at radius 2 is 2.05 bits per heavy atom. The Balaban J connectivity index is 2.10. The van der Waals surface area contributed by atoms with Crippen molar-refractivity contribution in [2.45, 2.75) is 0 Å². The van der Waals surface area contributed by atoms with Gasteiger partial charge in [-0.2, -0.15) is 0 Å². The molecule has 0 unspecified atom stereocenters. The molecular formula is C17H12BrNO2. The standard InChI is InChI=1S/C17H12BrNO2/c1-21-16-6-5-12(9-15(16)18)17(20)13-4-2-3-11-7-8-19-10-14(11)13/h2-10H,1H3. The van der Waals surface area contributed by atoms with Gasteiger partial charge in [-0.15, -0.1) is 0 Å². The molecule has 3 nitrogen and oxygen atoms in total. The second kappa shape index (κ2) is 5.66. The van der Waals surface area contributed by atoms with Crippen molar-refractivity contribution in [1.82, 2.24) is 4.98 Å². The highest BCUT2D eigenvalue weighted by atomic mass is 79.9. The van der Waals surface area contributed by atoms with Gasteiger partial charge in [0.05, 0.1) is 11.6 Å². The zero-order valence-electron chi connectivity index (χ0n) is 11.3. The molecule has 1 heterocycles. The molecule has 0 bridgehead atoms. The Hall–Kier alpha value is -2.20. The maximum atomic E-state index is 12.7. The smallest absolute Gasteiger partial charge is 0.193 e. The number of aromatic nitrogens is 1. The van der Waals surface area contributed by atoms with E-state index in [0.29, 0.717) is 16.9 Å². The first kappa shape index (κ1) is 13.8. The van der Waals surface area contributed by atoms with E-state index in [1.54, 1.807) is 37.7 Å². The molecule has 3 aromatic rings. The first-order valence-corrected chi connectivity index (χ1v) is 7.21. The summed E-state index contributed by atoms with van der Waals surface area (Å²) in [4.78, 5) is 16.8. The van der Waals surface area contributed by atoms with Crippen molar-refractivity contribution < 1.29 is 9.53 Å². The van der Waals surface area contributed by atoms with Gasteiger partial charge in [0, 0.05) is 28.9 Å². The van der Waals surface area contributed by atoms with E-state index >= 15 is 0 Å². The second-order valence-corrected chi connectivity index (χ2v) is 5.44. The number of pyridine rings is 1. The maximum Gasteiger partial charge on any atom is 0.193 e. The van der Waals surface area contributed by atoms with Crippen LogP contribution < -0.4 is 4.74 Å². The molecule has 0 saturated carbocycles. The minimum Gasteiger partial charge on any atom is -0.496 e. The molecule has 0 aliphatic rings. The second-order valence-electron chi connectivity index (χ2n) is 4.58. The van der Waals surface area contributed by atoms with Gasteiger partial charge in [-0.3, -0.25) is 9.78 Å². The van der Waals surface area contributed by atoms with Crippen molar-refractivity contribution >= 4 is 32.5 Å². The largest absolute Gasteiger partial charge is 0.496 e. The number of hydrogen-bond acceptors (Lipinski definition) is 3. The SMILES string of the molecule is COc1ccc(C(=O)c2cccc3ccncc23)cc1Br.